The van der Waals surface area contributed by atoms with E-state index < -0.39 is 6.10 Å². The van der Waals surface area contributed by atoms with Crippen LogP contribution in [0.2, 0.25) is 0 Å². The molecule has 0 aliphatic rings. The molecule has 0 saturated carbocycles. The monoisotopic (exact) mass is 200 g/mol. The summed E-state index contributed by atoms with van der Waals surface area (Å²) in [5, 5.41) is 28.4. The molecule has 0 bridgehead atoms. The SMILES string of the molecule is CC(NCC(O)CO)c1nncn1C. The summed E-state index contributed by atoms with van der Waals surface area (Å²) in [6, 6.07) is 0.00343. The fourth-order valence-electron chi connectivity index (χ4n) is 1.15. The van der Waals surface area contributed by atoms with E-state index in [9.17, 15) is 0 Å². The second kappa shape index (κ2) is 5.04. The van der Waals surface area contributed by atoms with Gasteiger partial charge in [-0.3, -0.25) is 0 Å². The Kier molecular flexibility index (Phi) is 3.99. The molecule has 0 fully saturated rings. The molecular weight excluding hydrogens is 184 g/mol. The second-order valence-electron chi connectivity index (χ2n) is 3.27. The zero-order chi connectivity index (χ0) is 10.6. The van der Waals surface area contributed by atoms with E-state index in [1.165, 1.54) is 0 Å². The van der Waals surface area contributed by atoms with Crippen molar-refractivity contribution < 1.29 is 10.2 Å². The first-order valence-corrected chi connectivity index (χ1v) is 4.51. The Hall–Kier alpha value is -0.980. The van der Waals surface area contributed by atoms with Crippen LogP contribution in [-0.2, 0) is 7.05 Å². The highest BCUT2D eigenvalue weighted by molar-refractivity contribution is 4.91. The Labute approximate surface area is 82.6 Å². The summed E-state index contributed by atoms with van der Waals surface area (Å²) in [6.45, 7) is 2.02. The maximum atomic E-state index is 9.12. The minimum atomic E-state index is -0.731. The van der Waals surface area contributed by atoms with E-state index in [-0.39, 0.29) is 12.6 Å². The minimum absolute atomic E-state index is 0.00343. The average Bonchev–Trinajstić information content (AvgIpc) is 2.60. The third-order valence-electron chi connectivity index (χ3n) is 2.00. The molecule has 6 nitrogen and oxygen atoms in total. The Bertz CT molecular complexity index is 276. The molecule has 80 valence electrons. The van der Waals surface area contributed by atoms with Gasteiger partial charge >= 0.3 is 0 Å². The highest BCUT2D eigenvalue weighted by Crippen LogP contribution is 2.06. The lowest BCUT2D eigenvalue weighted by Gasteiger charge is -2.14. The quantitative estimate of drug-likeness (QED) is 0.557. The predicted molar refractivity (Wildman–Crippen MR) is 50.5 cm³/mol. The van der Waals surface area contributed by atoms with E-state index in [0.29, 0.717) is 6.54 Å². The van der Waals surface area contributed by atoms with Crippen molar-refractivity contribution in [2.45, 2.75) is 19.1 Å². The molecule has 6 heteroatoms. The van der Waals surface area contributed by atoms with Gasteiger partial charge in [0.25, 0.3) is 0 Å². The maximum Gasteiger partial charge on any atom is 0.149 e. The van der Waals surface area contributed by atoms with Crippen molar-refractivity contribution in [3.8, 4) is 0 Å². The van der Waals surface area contributed by atoms with Crippen molar-refractivity contribution in [2.75, 3.05) is 13.2 Å². The Morgan fingerprint density at radius 1 is 1.64 bits per heavy atom. The van der Waals surface area contributed by atoms with Crippen LogP contribution in [0.25, 0.3) is 0 Å². The minimum Gasteiger partial charge on any atom is -0.394 e. The molecule has 3 N–H and O–H groups in total. The molecule has 2 atom stereocenters. The normalized spacial score (nSPS) is 15.4. The van der Waals surface area contributed by atoms with Crippen molar-refractivity contribution in [3.05, 3.63) is 12.2 Å². The molecule has 1 rings (SSSR count). The third-order valence-corrected chi connectivity index (χ3v) is 2.00. The lowest BCUT2D eigenvalue weighted by atomic mass is 10.3. The molecule has 1 heterocycles. The fourth-order valence-corrected chi connectivity index (χ4v) is 1.15. The van der Waals surface area contributed by atoms with Crippen LogP contribution in [-0.4, -0.2) is 44.2 Å². The average molecular weight is 200 g/mol. The van der Waals surface area contributed by atoms with Gasteiger partial charge in [0.1, 0.15) is 12.2 Å². The molecule has 0 radical (unpaired) electrons. The number of nitrogens with zero attached hydrogens (tertiary/aromatic N) is 3. The van der Waals surface area contributed by atoms with E-state index in [2.05, 4.69) is 15.5 Å². The zero-order valence-corrected chi connectivity index (χ0v) is 8.38. The summed E-state index contributed by atoms with van der Waals surface area (Å²) in [4.78, 5) is 0. The Morgan fingerprint density at radius 3 is 2.86 bits per heavy atom. The van der Waals surface area contributed by atoms with Gasteiger partial charge in [0.05, 0.1) is 18.8 Å². The third kappa shape index (κ3) is 2.76. The summed E-state index contributed by atoms with van der Waals surface area (Å²) in [5.74, 6) is 0.801. The van der Waals surface area contributed by atoms with E-state index in [1.807, 2.05) is 18.5 Å². The molecule has 14 heavy (non-hydrogen) atoms. The zero-order valence-electron chi connectivity index (χ0n) is 8.38. The standard InChI is InChI=1S/C8H16N4O2/c1-6(9-3-7(14)4-13)8-11-10-5-12(8)2/h5-7,9,13-14H,3-4H2,1-2H3. The van der Waals surface area contributed by atoms with Gasteiger partial charge in [0.2, 0.25) is 0 Å². The van der Waals surface area contributed by atoms with E-state index >= 15 is 0 Å². The van der Waals surface area contributed by atoms with Crippen LogP contribution in [0.15, 0.2) is 6.33 Å². The summed E-state index contributed by atoms with van der Waals surface area (Å²) >= 11 is 0. The highest BCUT2D eigenvalue weighted by Gasteiger charge is 2.11. The molecule has 0 aliphatic heterocycles. The smallest absolute Gasteiger partial charge is 0.149 e. The van der Waals surface area contributed by atoms with Crippen LogP contribution in [0.3, 0.4) is 0 Å². The molecule has 1 aromatic rings. The van der Waals surface area contributed by atoms with Gasteiger partial charge in [0.15, 0.2) is 0 Å². The fraction of sp³-hybridized carbons (Fsp3) is 0.750. The largest absolute Gasteiger partial charge is 0.394 e. The number of hydrogen-bond donors (Lipinski definition) is 3. The van der Waals surface area contributed by atoms with Crippen LogP contribution in [0.4, 0.5) is 0 Å². The first-order chi connectivity index (χ1) is 6.65. The second-order valence-corrected chi connectivity index (χ2v) is 3.27. The van der Waals surface area contributed by atoms with Crippen molar-refractivity contribution in [1.29, 1.82) is 0 Å². The first kappa shape index (κ1) is 11.1. The number of rotatable bonds is 5. The van der Waals surface area contributed by atoms with Crippen LogP contribution in [0.1, 0.15) is 18.8 Å². The molecule has 0 saturated heterocycles. The van der Waals surface area contributed by atoms with Gasteiger partial charge in [-0.15, -0.1) is 10.2 Å². The van der Waals surface area contributed by atoms with Gasteiger partial charge in [-0.25, -0.2) is 0 Å². The number of nitrogens with one attached hydrogen (secondary N) is 1. The summed E-state index contributed by atoms with van der Waals surface area (Å²) in [5.41, 5.74) is 0. The predicted octanol–water partition coefficient (Wildman–Crippen LogP) is -1.18. The summed E-state index contributed by atoms with van der Waals surface area (Å²) in [6.07, 6.45) is 0.890. The van der Waals surface area contributed by atoms with Gasteiger partial charge in [-0.1, -0.05) is 0 Å². The molecule has 0 amide bonds. The molecule has 1 aromatic heterocycles. The topological polar surface area (TPSA) is 83.2 Å². The molecule has 2 unspecified atom stereocenters. The highest BCUT2D eigenvalue weighted by atomic mass is 16.3. The molecular formula is C8H16N4O2. The van der Waals surface area contributed by atoms with Gasteiger partial charge in [0, 0.05) is 13.6 Å². The lowest BCUT2D eigenvalue weighted by molar-refractivity contribution is 0.0920. The summed E-state index contributed by atoms with van der Waals surface area (Å²) in [7, 11) is 1.86. The number of aromatic nitrogens is 3. The van der Waals surface area contributed by atoms with Crippen molar-refractivity contribution in [3.63, 3.8) is 0 Å². The van der Waals surface area contributed by atoms with Crippen LogP contribution < -0.4 is 5.32 Å². The van der Waals surface area contributed by atoms with Gasteiger partial charge in [-0.2, -0.15) is 0 Å². The van der Waals surface area contributed by atoms with E-state index in [1.54, 1.807) is 6.33 Å². The number of aliphatic hydroxyl groups excluding tert-OH is 2. The summed E-state index contributed by atoms with van der Waals surface area (Å²) < 4.78 is 1.81. The van der Waals surface area contributed by atoms with Crippen LogP contribution >= 0.6 is 0 Å². The van der Waals surface area contributed by atoms with Gasteiger partial charge in [-0.05, 0) is 6.92 Å². The molecule has 0 aliphatic carbocycles. The number of hydrogen-bond acceptors (Lipinski definition) is 5. The Morgan fingerprint density at radius 2 is 2.36 bits per heavy atom. The molecule has 0 aromatic carbocycles. The number of aryl methyl sites for hydroxylation is 1. The first-order valence-electron chi connectivity index (χ1n) is 4.51. The van der Waals surface area contributed by atoms with Crippen molar-refractivity contribution >= 4 is 0 Å². The van der Waals surface area contributed by atoms with Crippen molar-refractivity contribution in [2.24, 2.45) is 7.05 Å². The van der Waals surface area contributed by atoms with Crippen molar-refractivity contribution in [1.82, 2.24) is 20.1 Å². The van der Waals surface area contributed by atoms with E-state index in [0.717, 1.165) is 5.82 Å². The lowest BCUT2D eigenvalue weighted by Crippen LogP contribution is -2.32. The number of aliphatic hydroxyl groups is 2. The van der Waals surface area contributed by atoms with Crippen LogP contribution in [0, 0.1) is 0 Å². The van der Waals surface area contributed by atoms with Gasteiger partial charge < -0.3 is 20.1 Å². The molecule has 0 spiro atoms. The van der Waals surface area contributed by atoms with E-state index in [4.69, 9.17) is 10.2 Å². The van der Waals surface area contributed by atoms with Crippen LogP contribution in [0.5, 0.6) is 0 Å². The maximum absolute atomic E-state index is 9.12. The Balaban J connectivity index is 2.43.